The summed E-state index contributed by atoms with van der Waals surface area (Å²) in [6.07, 6.45) is 3.22. The van der Waals surface area contributed by atoms with Gasteiger partial charge in [0.1, 0.15) is 11.6 Å². The summed E-state index contributed by atoms with van der Waals surface area (Å²) in [5.41, 5.74) is -0.188. The first-order valence-corrected chi connectivity index (χ1v) is 4.70. The molecular formula is C13H7NO2. The second kappa shape index (κ2) is 3.95. The lowest BCUT2D eigenvalue weighted by molar-refractivity contribution is 1.31. The van der Waals surface area contributed by atoms with Gasteiger partial charge in [-0.1, -0.05) is 36.4 Å². The Hall–Kier alpha value is -2.47. The summed E-state index contributed by atoms with van der Waals surface area (Å²) in [5.74, 6) is 0. The lowest BCUT2D eigenvalue weighted by Crippen LogP contribution is -2.36. The smallest absolute Gasteiger partial charge is 0.244 e. The van der Waals surface area contributed by atoms with Crippen molar-refractivity contribution in [3.8, 4) is 6.07 Å². The number of nitrogens with zero attached hydrogens (tertiary/aromatic N) is 1. The summed E-state index contributed by atoms with van der Waals surface area (Å²) < 4.78 is 0. The quantitative estimate of drug-likeness (QED) is 0.701. The topological polar surface area (TPSA) is 57.9 Å². The summed E-state index contributed by atoms with van der Waals surface area (Å²) in [7, 11) is 0. The van der Waals surface area contributed by atoms with Gasteiger partial charge in [0.15, 0.2) is 0 Å². The van der Waals surface area contributed by atoms with Crippen LogP contribution in [0.3, 0.4) is 0 Å². The van der Waals surface area contributed by atoms with Crippen LogP contribution >= 0.6 is 0 Å². The van der Waals surface area contributed by atoms with Crippen molar-refractivity contribution in [2.75, 3.05) is 0 Å². The van der Waals surface area contributed by atoms with Gasteiger partial charge >= 0.3 is 0 Å². The minimum absolute atomic E-state index is 0.0443. The highest BCUT2D eigenvalue weighted by atomic mass is 16.2. The van der Waals surface area contributed by atoms with Crippen LogP contribution in [0.5, 0.6) is 0 Å². The monoisotopic (exact) mass is 209 g/mol. The molecule has 0 aliphatic carbocycles. The van der Waals surface area contributed by atoms with Crippen molar-refractivity contribution in [1.29, 1.82) is 5.26 Å². The maximum atomic E-state index is 11.1. The van der Waals surface area contributed by atoms with E-state index in [0.717, 1.165) is 5.56 Å². The number of rotatable bonds is 2. The number of hydrogen-bond donors (Lipinski definition) is 0. The highest BCUT2D eigenvalue weighted by molar-refractivity contribution is 5.74. The zero-order chi connectivity index (χ0) is 11.5. The van der Waals surface area contributed by atoms with E-state index in [2.05, 4.69) is 0 Å². The largest absolute Gasteiger partial charge is 0.285 e. The maximum absolute atomic E-state index is 11.1. The van der Waals surface area contributed by atoms with Gasteiger partial charge in [-0.05, 0) is 11.6 Å². The van der Waals surface area contributed by atoms with Gasteiger partial charge in [0.2, 0.25) is 10.9 Å². The minimum Gasteiger partial charge on any atom is -0.285 e. The molecule has 0 N–H and O–H groups in total. The van der Waals surface area contributed by atoms with Gasteiger partial charge in [-0.3, -0.25) is 9.59 Å². The van der Waals surface area contributed by atoms with Gasteiger partial charge in [-0.2, -0.15) is 5.26 Å². The zero-order valence-electron chi connectivity index (χ0n) is 8.31. The van der Waals surface area contributed by atoms with Gasteiger partial charge in [0, 0.05) is 5.56 Å². The molecule has 0 fully saturated rings. The molecule has 0 aromatic heterocycles. The predicted molar refractivity (Wildman–Crippen MR) is 61.4 cm³/mol. The first-order valence-electron chi connectivity index (χ1n) is 4.70. The van der Waals surface area contributed by atoms with E-state index in [4.69, 9.17) is 5.26 Å². The summed E-state index contributed by atoms with van der Waals surface area (Å²) >= 11 is 0. The Morgan fingerprint density at radius 1 is 1.00 bits per heavy atom. The molecule has 2 aromatic carbocycles. The Morgan fingerprint density at radius 3 is 2.31 bits per heavy atom. The Labute approximate surface area is 91.6 Å². The molecule has 3 heteroatoms. The van der Waals surface area contributed by atoms with Crippen LogP contribution in [0.4, 0.5) is 0 Å². The molecule has 0 spiro atoms. The van der Waals surface area contributed by atoms with Crippen LogP contribution in [0.2, 0.25) is 0 Å². The van der Waals surface area contributed by atoms with Crippen molar-refractivity contribution in [2.45, 2.75) is 0 Å². The highest BCUT2D eigenvalue weighted by Crippen LogP contribution is 2.07. The zero-order valence-corrected chi connectivity index (χ0v) is 8.31. The van der Waals surface area contributed by atoms with Crippen LogP contribution in [0.1, 0.15) is 16.7 Å². The van der Waals surface area contributed by atoms with E-state index in [1.54, 1.807) is 12.1 Å². The van der Waals surface area contributed by atoms with E-state index >= 15 is 0 Å². The molecular weight excluding hydrogens is 202 g/mol. The van der Waals surface area contributed by atoms with Crippen molar-refractivity contribution in [3.05, 3.63) is 67.5 Å². The molecule has 16 heavy (non-hydrogen) atoms. The van der Waals surface area contributed by atoms with Gasteiger partial charge in [0.05, 0.1) is 0 Å². The molecule has 0 bridgehead atoms. The lowest BCUT2D eigenvalue weighted by Gasteiger charge is -1.97. The second-order valence-corrected chi connectivity index (χ2v) is 3.30. The van der Waals surface area contributed by atoms with E-state index in [-0.39, 0.29) is 11.1 Å². The molecule has 76 valence electrons. The minimum atomic E-state index is -0.685. The molecule has 0 aliphatic rings. The Morgan fingerprint density at radius 2 is 1.69 bits per heavy atom. The molecule has 0 heterocycles. The second-order valence-electron chi connectivity index (χ2n) is 3.30. The van der Waals surface area contributed by atoms with Crippen LogP contribution in [-0.2, 0) is 0 Å². The average molecular weight is 209 g/mol. The van der Waals surface area contributed by atoms with Crippen LogP contribution in [0.25, 0.3) is 12.2 Å². The summed E-state index contributed by atoms with van der Waals surface area (Å²) in [6.45, 7) is 0. The highest BCUT2D eigenvalue weighted by Gasteiger charge is 2.17. The lowest BCUT2D eigenvalue weighted by atomic mass is 10.0. The van der Waals surface area contributed by atoms with E-state index in [1.807, 2.05) is 30.3 Å². The van der Waals surface area contributed by atoms with Crippen LogP contribution in [0, 0.1) is 11.3 Å². The van der Waals surface area contributed by atoms with E-state index in [0.29, 0.717) is 0 Å². The first-order chi connectivity index (χ1) is 7.74. The van der Waals surface area contributed by atoms with Crippen LogP contribution < -0.4 is 10.9 Å². The molecule has 0 amide bonds. The van der Waals surface area contributed by atoms with Crippen LogP contribution in [0.15, 0.2) is 39.9 Å². The van der Waals surface area contributed by atoms with Crippen molar-refractivity contribution < 1.29 is 0 Å². The third-order valence-corrected chi connectivity index (χ3v) is 2.30. The van der Waals surface area contributed by atoms with E-state index in [9.17, 15) is 9.59 Å². The van der Waals surface area contributed by atoms with Crippen molar-refractivity contribution in [2.24, 2.45) is 0 Å². The molecule has 0 radical (unpaired) electrons. The van der Waals surface area contributed by atoms with Gasteiger partial charge < -0.3 is 0 Å². The molecule has 0 saturated carbocycles. The molecule has 3 nitrogen and oxygen atoms in total. The molecule has 2 rings (SSSR count). The molecule has 2 aromatic rings. The summed E-state index contributed by atoms with van der Waals surface area (Å²) in [4.78, 5) is 22.1. The predicted octanol–water partition coefficient (Wildman–Crippen LogP) is 1.32. The fourth-order valence-electron chi connectivity index (χ4n) is 1.42. The average Bonchev–Trinajstić information content (AvgIpc) is 2.34. The number of benzene rings is 1. The van der Waals surface area contributed by atoms with Crippen molar-refractivity contribution in [3.63, 3.8) is 0 Å². The molecule has 0 atom stereocenters. The fourth-order valence-corrected chi connectivity index (χ4v) is 1.42. The SMILES string of the molecule is N#Cc1c(/C=C/c2ccccc2)c(=O)c1=O. The van der Waals surface area contributed by atoms with E-state index < -0.39 is 10.9 Å². The number of hydrogen-bond acceptors (Lipinski definition) is 3. The summed E-state index contributed by atoms with van der Waals surface area (Å²) in [5, 5.41) is 8.63. The summed E-state index contributed by atoms with van der Waals surface area (Å²) in [6, 6.07) is 11.1. The van der Waals surface area contributed by atoms with Crippen molar-refractivity contribution >= 4 is 12.2 Å². The Bertz CT molecular complexity index is 653. The van der Waals surface area contributed by atoms with Crippen molar-refractivity contribution in [1.82, 2.24) is 0 Å². The van der Waals surface area contributed by atoms with Gasteiger partial charge in [0.25, 0.3) is 0 Å². The van der Waals surface area contributed by atoms with Gasteiger partial charge in [-0.25, -0.2) is 0 Å². The molecule has 0 unspecified atom stereocenters. The van der Waals surface area contributed by atoms with E-state index in [1.165, 1.54) is 6.08 Å². The molecule has 0 saturated heterocycles. The first kappa shape index (κ1) is 10.1. The fraction of sp³-hybridized carbons (Fsp3) is 0. The molecule has 0 aliphatic heterocycles. The third-order valence-electron chi connectivity index (χ3n) is 2.30. The number of nitriles is 1. The standard InChI is InChI=1S/C13H7NO2/c14-8-11-10(12(15)13(11)16)7-6-9-4-2-1-3-5-9/h1-7H/b7-6+. The van der Waals surface area contributed by atoms with Crippen LogP contribution in [-0.4, -0.2) is 0 Å². The Balaban J connectivity index is 2.34. The third kappa shape index (κ3) is 1.57. The van der Waals surface area contributed by atoms with Gasteiger partial charge in [-0.15, -0.1) is 0 Å². The maximum Gasteiger partial charge on any atom is 0.244 e. The Kier molecular flexibility index (Phi) is 2.49. The normalized spacial score (nSPS) is 10.7.